The minimum atomic E-state index is -0.311. The van der Waals surface area contributed by atoms with Gasteiger partial charge in [-0.15, -0.1) is 0 Å². The average Bonchev–Trinajstić information content (AvgIpc) is 2.35. The summed E-state index contributed by atoms with van der Waals surface area (Å²) >= 11 is 0. The summed E-state index contributed by atoms with van der Waals surface area (Å²) in [6, 6.07) is 0. The molecule has 0 spiro atoms. The maximum Gasteiger partial charge on any atom is 0.137 e. The molecule has 0 heterocycles. The molecule has 0 aromatic rings. The van der Waals surface area contributed by atoms with Crippen LogP contribution in [-0.4, -0.2) is 11.6 Å². The monoisotopic (exact) mass is 180 g/mol. The Hall–Kier alpha value is -0.660. The lowest BCUT2D eigenvalue weighted by Crippen LogP contribution is -2.36. The lowest BCUT2D eigenvalue weighted by atomic mass is 9.67. The molecule has 2 saturated carbocycles. The number of fused-ring (bicyclic) bond motifs is 2. The average molecular weight is 180 g/mol. The zero-order valence-corrected chi connectivity index (χ0v) is 8.52. The minimum Gasteiger partial charge on any atom is -0.299 e. The topological polar surface area (TPSA) is 34.1 Å². The van der Waals surface area contributed by atoms with E-state index in [0.717, 1.165) is 12.8 Å². The Morgan fingerprint density at radius 3 is 2.31 bits per heavy atom. The molecule has 2 aliphatic carbocycles. The van der Waals surface area contributed by atoms with Crippen LogP contribution < -0.4 is 0 Å². The van der Waals surface area contributed by atoms with E-state index in [2.05, 4.69) is 13.8 Å². The van der Waals surface area contributed by atoms with E-state index in [1.165, 1.54) is 0 Å². The van der Waals surface area contributed by atoms with Crippen LogP contribution in [0.1, 0.15) is 40.0 Å². The van der Waals surface area contributed by atoms with Crippen LogP contribution in [0.5, 0.6) is 0 Å². The van der Waals surface area contributed by atoms with E-state index in [9.17, 15) is 9.59 Å². The second-order valence-electron chi connectivity index (χ2n) is 5.09. The highest BCUT2D eigenvalue weighted by Gasteiger charge is 2.65. The van der Waals surface area contributed by atoms with Gasteiger partial charge in [0.15, 0.2) is 0 Å². The van der Waals surface area contributed by atoms with Gasteiger partial charge in [0.25, 0.3) is 0 Å². The van der Waals surface area contributed by atoms with Crippen molar-refractivity contribution in [1.29, 1.82) is 0 Å². The largest absolute Gasteiger partial charge is 0.299 e. The SMILES string of the molecule is CC(=O)C12CCC(C(=O)C1)C2(C)C. The Balaban J connectivity index is 2.51. The molecule has 2 nitrogen and oxygen atoms in total. The molecule has 2 unspecified atom stereocenters. The number of hydrogen-bond donors (Lipinski definition) is 0. The van der Waals surface area contributed by atoms with Crippen molar-refractivity contribution in [3.05, 3.63) is 0 Å². The number of ketones is 2. The molecule has 2 rings (SSSR count). The fourth-order valence-electron chi connectivity index (χ4n) is 3.46. The summed E-state index contributed by atoms with van der Waals surface area (Å²) in [7, 11) is 0. The van der Waals surface area contributed by atoms with E-state index < -0.39 is 0 Å². The molecule has 2 heteroatoms. The first-order chi connectivity index (χ1) is 5.92. The molecule has 2 aliphatic rings. The van der Waals surface area contributed by atoms with E-state index in [1.807, 2.05) is 0 Å². The fraction of sp³-hybridized carbons (Fsp3) is 0.818. The predicted octanol–water partition coefficient (Wildman–Crippen LogP) is 1.97. The Morgan fingerprint density at radius 1 is 1.46 bits per heavy atom. The van der Waals surface area contributed by atoms with Crippen molar-refractivity contribution in [3.63, 3.8) is 0 Å². The summed E-state index contributed by atoms with van der Waals surface area (Å²) in [5.74, 6) is 0.675. The molecule has 72 valence electrons. The zero-order valence-electron chi connectivity index (χ0n) is 8.52. The van der Waals surface area contributed by atoms with Gasteiger partial charge in [0.1, 0.15) is 11.6 Å². The van der Waals surface area contributed by atoms with E-state index in [0.29, 0.717) is 12.2 Å². The van der Waals surface area contributed by atoms with Gasteiger partial charge in [-0.1, -0.05) is 13.8 Å². The lowest BCUT2D eigenvalue weighted by molar-refractivity contribution is -0.132. The van der Waals surface area contributed by atoms with E-state index >= 15 is 0 Å². The summed E-state index contributed by atoms with van der Waals surface area (Å²) in [5.41, 5.74) is -0.398. The summed E-state index contributed by atoms with van der Waals surface area (Å²) in [6.07, 6.45) is 2.34. The number of Topliss-reactive ketones (excluding diaryl/α,β-unsaturated/α-hetero) is 2. The van der Waals surface area contributed by atoms with Crippen molar-refractivity contribution in [2.75, 3.05) is 0 Å². The van der Waals surface area contributed by atoms with Crippen molar-refractivity contribution in [2.24, 2.45) is 16.7 Å². The smallest absolute Gasteiger partial charge is 0.137 e. The first kappa shape index (κ1) is 8.92. The van der Waals surface area contributed by atoms with Gasteiger partial charge in [0.2, 0.25) is 0 Å². The van der Waals surface area contributed by atoms with E-state index in [4.69, 9.17) is 0 Å². The van der Waals surface area contributed by atoms with E-state index in [1.54, 1.807) is 6.92 Å². The normalized spacial score (nSPS) is 41.2. The van der Waals surface area contributed by atoms with Gasteiger partial charge in [-0.05, 0) is 25.2 Å². The maximum atomic E-state index is 11.6. The van der Waals surface area contributed by atoms with Crippen molar-refractivity contribution >= 4 is 11.6 Å². The third-order valence-corrected chi connectivity index (χ3v) is 4.50. The number of hydrogen-bond acceptors (Lipinski definition) is 2. The molecule has 13 heavy (non-hydrogen) atoms. The molecule has 0 N–H and O–H groups in total. The van der Waals surface area contributed by atoms with Crippen molar-refractivity contribution in [3.8, 4) is 0 Å². The van der Waals surface area contributed by atoms with E-state index in [-0.39, 0.29) is 22.5 Å². The summed E-state index contributed by atoms with van der Waals surface area (Å²) in [6.45, 7) is 5.80. The molecule has 0 aromatic carbocycles. The molecular weight excluding hydrogens is 164 g/mol. The van der Waals surface area contributed by atoms with Crippen LogP contribution in [-0.2, 0) is 9.59 Å². The van der Waals surface area contributed by atoms with Crippen LogP contribution in [0.3, 0.4) is 0 Å². The summed E-state index contributed by atoms with van der Waals surface area (Å²) in [5, 5.41) is 0. The molecule has 2 fully saturated rings. The first-order valence-corrected chi connectivity index (χ1v) is 4.95. The lowest BCUT2D eigenvalue weighted by Gasteiger charge is -2.34. The van der Waals surface area contributed by atoms with Gasteiger partial charge in [-0.25, -0.2) is 0 Å². The van der Waals surface area contributed by atoms with Crippen LogP contribution in [0.15, 0.2) is 0 Å². The highest BCUT2D eigenvalue weighted by Crippen LogP contribution is 2.64. The second kappa shape index (κ2) is 2.23. The van der Waals surface area contributed by atoms with Gasteiger partial charge in [-0.3, -0.25) is 9.59 Å². The Bertz CT molecular complexity index is 290. The standard InChI is InChI=1S/C11H16O2/c1-7(12)11-5-4-8(9(13)6-11)10(11,2)3/h8H,4-6H2,1-3H3. The molecular formula is C11H16O2. The highest BCUT2D eigenvalue weighted by atomic mass is 16.1. The van der Waals surface area contributed by atoms with Crippen LogP contribution >= 0.6 is 0 Å². The van der Waals surface area contributed by atoms with Crippen LogP contribution in [0, 0.1) is 16.7 Å². The van der Waals surface area contributed by atoms with Gasteiger partial charge in [-0.2, -0.15) is 0 Å². The predicted molar refractivity (Wildman–Crippen MR) is 49.2 cm³/mol. The van der Waals surface area contributed by atoms with Crippen molar-refractivity contribution in [1.82, 2.24) is 0 Å². The van der Waals surface area contributed by atoms with Gasteiger partial charge in [0.05, 0.1) is 0 Å². The maximum absolute atomic E-state index is 11.6. The Morgan fingerprint density at radius 2 is 2.08 bits per heavy atom. The van der Waals surface area contributed by atoms with Gasteiger partial charge in [0, 0.05) is 17.8 Å². The third-order valence-electron chi connectivity index (χ3n) is 4.50. The zero-order chi connectivity index (χ0) is 9.85. The molecule has 2 bridgehead atoms. The van der Waals surface area contributed by atoms with Crippen molar-refractivity contribution < 1.29 is 9.59 Å². The molecule has 0 amide bonds. The number of rotatable bonds is 1. The Labute approximate surface area is 78.7 Å². The molecule has 0 aromatic heterocycles. The molecule has 0 radical (unpaired) electrons. The fourth-order valence-corrected chi connectivity index (χ4v) is 3.46. The molecule has 0 saturated heterocycles. The third kappa shape index (κ3) is 0.792. The summed E-state index contributed by atoms with van der Waals surface area (Å²) < 4.78 is 0. The quantitative estimate of drug-likeness (QED) is 0.618. The van der Waals surface area contributed by atoms with Crippen LogP contribution in [0.25, 0.3) is 0 Å². The Kier molecular flexibility index (Phi) is 1.53. The molecule has 2 atom stereocenters. The number of carbonyl (C=O) groups is 2. The number of carbonyl (C=O) groups excluding carboxylic acids is 2. The molecule has 0 aliphatic heterocycles. The van der Waals surface area contributed by atoms with Crippen molar-refractivity contribution in [2.45, 2.75) is 40.0 Å². The van der Waals surface area contributed by atoms with Gasteiger partial charge >= 0.3 is 0 Å². The van der Waals surface area contributed by atoms with Crippen LogP contribution in [0.2, 0.25) is 0 Å². The second-order valence-corrected chi connectivity index (χ2v) is 5.09. The van der Waals surface area contributed by atoms with Gasteiger partial charge < -0.3 is 0 Å². The summed E-state index contributed by atoms with van der Waals surface area (Å²) in [4.78, 5) is 23.2. The highest BCUT2D eigenvalue weighted by molar-refractivity contribution is 5.97. The van der Waals surface area contributed by atoms with Crippen LogP contribution in [0.4, 0.5) is 0 Å². The minimum absolute atomic E-state index is 0.0874. The first-order valence-electron chi connectivity index (χ1n) is 4.95.